The van der Waals surface area contributed by atoms with E-state index in [1.165, 1.54) is 0 Å². The first-order chi connectivity index (χ1) is 6.70. The molecule has 72 valence electrons. The van der Waals surface area contributed by atoms with Gasteiger partial charge in [-0.05, 0) is 12.0 Å². The second-order valence-corrected chi connectivity index (χ2v) is 3.61. The van der Waals surface area contributed by atoms with Gasteiger partial charge in [-0.3, -0.25) is 9.97 Å². The van der Waals surface area contributed by atoms with E-state index in [0.717, 1.165) is 16.5 Å². The molecule has 2 aromatic heterocycles. The van der Waals surface area contributed by atoms with Gasteiger partial charge in [0, 0.05) is 29.4 Å². The van der Waals surface area contributed by atoms with Gasteiger partial charge in [-0.1, -0.05) is 13.8 Å². The zero-order chi connectivity index (χ0) is 10.1. The van der Waals surface area contributed by atoms with E-state index in [1.807, 2.05) is 19.9 Å². The highest BCUT2D eigenvalue weighted by atomic mass is 16.3. The minimum Gasteiger partial charge on any atom is -0.505 e. The van der Waals surface area contributed by atoms with E-state index in [4.69, 9.17) is 0 Å². The zero-order valence-corrected chi connectivity index (χ0v) is 8.23. The maximum Gasteiger partial charge on any atom is 0.146 e. The highest BCUT2D eigenvalue weighted by Gasteiger charge is 2.10. The van der Waals surface area contributed by atoms with Gasteiger partial charge < -0.3 is 5.11 Å². The van der Waals surface area contributed by atoms with Gasteiger partial charge in [-0.2, -0.15) is 0 Å². The molecule has 0 atom stereocenters. The summed E-state index contributed by atoms with van der Waals surface area (Å²) in [6, 6.07) is 1.84. The van der Waals surface area contributed by atoms with Gasteiger partial charge in [0.15, 0.2) is 0 Å². The van der Waals surface area contributed by atoms with Gasteiger partial charge in [-0.25, -0.2) is 0 Å². The number of rotatable bonds is 1. The molecular weight excluding hydrogens is 176 g/mol. The third-order valence-corrected chi connectivity index (χ3v) is 2.24. The number of fused-ring (bicyclic) bond motifs is 1. The fraction of sp³-hybridized carbons (Fsp3) is 0.273. The van der Waals surface area contributed by atoms with Crippen molar-refractivity contribution >= 4 is 10.8 Å². The van der Waals surface area contributed by atoms with Gasteiger partial charge in [0.1, 0.15) is 5.75 Å². The predicted octanol–water partition coefficient (Wildman–Crippen LogP) is 2.46. The highest BCUT2D eigenvalue weighted by Crippen LogP contribution is 2.30. The normalized spacial score (nSPS) is 11.1. The molecule has 0 amide bonds. The minimum absolute atomic E-state index is 0.222. The number of hydrogen-bond acceptors (Lipinski definition) is 3. The average Bonchev–Trinajstić information content (AvgIpc) is 2.18. The summed E-state index contributed by atoms with van der Waals surface area (Å²) in [4.78, 5) is 8.21. The summed E-state index contributed by atoms with van der Waals surface area (Å²) in [6.07, 6.45) is 5.13. The van der Waals surface area contributed by atoms with Crippen molar-refractivity contribution in [3.05, 3.63) is 30.4 Å². The Bertz CT molecular complexity index is 466. The van der Waals surface area contributed by atoms with Crippen LogP contribution in [-0.2, 0) is 0 Å². The van der Waals surface area contributed by atoms with Crippen LogP contribution in [0.1, 0.15) is 25.5 Å². The number of nitrogens with zero attached hydrogens (tertiary/aromatic N) is 2. The molecule has 0 saturated carbocycles. The average molecular weight is 188 g/mol. The Morgan fingerprint density at radius 1 is 1.29 bits per heavy atom. The van der Waals surface area contributed by atoms with Crippen molar-refractivity contribution in [1.82, 2.24) is 9.97 Å². The molecule has 0 fully saturated rings. The zero-order valence-electron chi connectivity index (χ0n) is 8.23. The van der Waals surface area contributed by atoms with Gasteiger partial charge in [0.05, 0.1) is 5.69 Å². The fourth-order valence-corrected chi connectivity index (χ4v) is 1.48. The van der Waals surface area contributed by atoms with Gasteiger partial charge >= 0.3 is 0 Å². The van der Waals surface area contributed by atoms with Crippen molar-refractivity contribution in [3.8, 4) is 5.75 Å². The first kappa shape index (κ1) is 8.94. The third-order valence-electron chi connectivity index (χ3n) is 2.24. The Morgan fingerprint density at radius 2 is 2.07 bits per heavy atom. The molecule has 2 heterocycles. The topological polar surface area (TPSA) is 46.0 Å². The Labute approximate surface area is 82.4 Å². The first-order valence-corrected chi connectivity index (χ1v) is 4.61. The van der Waals surface area contributed by atoms with Crippen LogP contribution in [0.15, 0.2) is 24.7 Å². The first-order valence-electron chi connectivity index (χ1n) is 4.61. The quantitative estimate of drug-likeness (QED) is 0.747. The monoisotopic (exact) mass is 188 g/mol. The van der Waals surface area contributed by atoms with Gasteiger partial charge in [0.2, 0.25) is 0 Å². The molecular formula is C11H12N2O. The van der Waals surface area contributed by atoms with Crippen LogP contribution in [0, 0.1) is 0 Å². The Kier molecular flexibility index (Phi) is 2.08. The molecule has 3 nitrogen and oxygen atoms in total. The van der Waals surface area contributed by atoms with Crippen LogP contribution < -0.4 is 0 Å². The van der Waals surface area contributed by atoms with Crippen molar-refractivity contribution < 1.29 is 5.11 Å². The standard InChI is InChI=1S/C11H12N2O/c1-7(2)10-11(14)9-6-12-4-3-8(9)5-13-10/h3-7,14H,1-2H3. The second kappa shape index (κ2) is 3.25. The molecule has 2 rings (SSSR count). The van der Waals surface area contributed by atoms with Crippen LogP contribution in [0.4, 0.5) is 0 Å². The summed E-state index contributed by atoms with van der Waals surface area (Å²) in [5.74, 6) is 0.477. The van der Waals surface area contributed by atoms with E-state index in [2.05, 4.69) is 9.97 Å². The third kappa shape index (κ3) is 1.31. The van der Waals surface area contributed by atoms with E-state index < -0.39 is 0 Å². The van der Waals surface area contributed by atoms with Crippen molar-refractivity contribution in [1.29, 1.82) is 0 Å². The summed E-state index contributed by atoms with van der Waals surface area (Å²) in [6.45, 7) is 4.01. The number of pyridine rings is 2. The molecule has 0 saturated heterocycles. The summed E-state index contributed by atoms with van der Waals surface area (Å²) < 4.78 is 0. The molecule has 0 aromatic carbocycles. The van der Waals surface area contributed by atoms with Crippen LogP contribution in [-0.4, -0.2) is 15.1 Å². The number of aromatic nitrogens is 2. The lowest BCUT2D eigenvalue weighted by atomic mass is 10.1. The van der Waals surface area contributed by atoms with E-state index in [1.54, 1.807) is 18.6 Å². The maximum absolute atomic E-state index is 9.92. The van der Waals surface area contributed by atoms with Crippen LogP contribution in [0.5, 0.6) is 5.75 Å². The van der Waals surface area contributed by atoms with Crippen LogP contribution >= 0.6 is 0 Å². The molecule has 1 N–H and O–H groups in total. The van der Waals surface area contributed by atoms with E-state index in [-0.39, 0.29) is 11.7 Å². The highest BCUT2D eigenvalue weighted by molar-refractivity contribution is 5.87. The molecule has 0 unspecified atom stereocenters. The minimum atomic E-state index is 0.222. The predicted molar refractivity (Wildman–Crippen MR) is 55.3 cm³/mol. The number of hydrogen-bond donors (Lipinski definition) is 1. The molecule has 2 aromatic rings. The lowest BCUT2D eigenvalue weighted by molar-refractivity contribution is 0.466. The molecule has 14 heavy (non-hydrogen) atoms. The summed E-state index contributed by atoms with van der Waals surface area (Å²) in [5.41, 5.74) is 0.727. The Balaban J connectivity index is 2.75. The van der Waals surface area contributed by atoms with Crippen LogP contribution in [0.2, 0.25) is 0 Å². The van der Waals surface area contributed by atoms with Crippen molar-refractivity contribution in [2.75, 3.05) is 0 Å². The van der Waals surface area contributed by atoms with Crippen LogP contribution in [0.25, 0.3) is 10.8 Å². The summed E-state index contributed by atoms with van der Waals surface area (Å²) in [7, 11) is 0. The Morgan fingerprint density at radius 3 is 2.79 bits per heavy atom. The van der Waals surface area contributed by atoms with E-state index >= 15 is 0 Å². The largest absolute Gasteiger partial charge is 0.505 e. The molecule has 0 aliphatic carbocycles. The lowest BCUT2D eigenvalue weighted by Gasteiger charge is -2.08. The SMILES string of the molecule is CC(C)c1ncc2ccncc2c1O. The fourth-order valence-electron chi connectivity index (χ4n) is 1.48. The van der Waals surface area contributed by atoms with Crippen molar-refractivity contribution in [3.63, 3.8) is 0 Å². The summed E-state index contributed by atoms with van der Waals surface area (Å²) >= 11 is 0. The Hall–Kier alpha value is -1.64. The van der Waals surface area contributed by atoms with E-state index in [9.17, 15) is 5.11 Å². The second-order valence-electron chi connectivity index (χ2n) is 3.61. The van der Waals surface area contributed by atoms with Gasteiger partial charge in [-0.15, -0.1) is 0 Å². The molecule has 3 heteroatoms. The van der Waals surface area contributed by atoms with Crippen molar-refractivity contribution in [2.45, 2.75) is 19.8 Å². The smallest absolute Gasteiger partial charge is 0.146 e. The summed E-state index contributed by atoms with van der Waals surface area (Å²) in [5, 5.41) is 11.6. The molecule has 0 aliphatic heterocycles. The lowest BCUT2D eigenvalue weighted by Crippen LogP contribution is -1.93. The van der Waals surface area contributed by atoms with Gasteiger partial charge in [0.25, 0.3) is 0 Å². The van der Waals surface area contributed by atoms with Crippen LogP contribution in [0.3, 0.4) is 0 Å². The molecule has 0 spiro atoms. The van der Waals surface area contributed by atoms with E-state index in [0.29, 0.717) is 0 Å². The molecule has 0 radical (unpaired) electrons. The molecule has 0 aliphatic rings. The molecule has 0 bridgehead atoms. The van der Waals surface area contributed by atoms with Crippen molar-refractivity contribution in [2.24, 2.45) is 0 Å². The maximum atomic E-state index is 9.92. The number of aromatic hydroxyl groups is 1.